The molecule has 1 aromatic carbocycles. The van der Waals surface area contributed by atoms with Gasteiger partial charge in [-0.2, -0.15) is 0 Å². The van der Waals surface area contributed by atoms with Crippen LogP contribution in [-0.2, 0) is 4.79 Å². The lowest BCUT2D eigenvalue weighted by Gasteiger charge is -2.42. The van der Waals surface area contributed by atoms with Crippen molar-refractivity contribution in [3.8, 4) is 5.75 Å². The first-order valence-corrected chi connectivity index (χ1v) is 7.73. The largest absolute Gasteiger partial charge is 0.491 e. The van der Waals surface area contributed by atoms with Crippen molar-refractivity contribution in [2.24, 2.45) is 5.41 Å². The fraction of sp³-hybridized carbons (Fsp3) is 0.529. The average Bonchev–Trinajstić information content (AvgIpc) is 2.63. The molecule has 0 unspecified atom stereocenters. The fourth-order valence-corrected chi connectivity index (χ4v) is 3.30. The molecule has 1 heterocycles. The molecule has 0 spiro atoms. The van der Waals surface area contributed by atoms with Crippen LogP contribution < -0.4 is 4.74 Å². The van der Waals surface area contributed by atoms with Crippen molar-refractivity contribution in [1.29, 1.82) is 0 Å². The molecule has 0 radical (unpaired) electrons. The summed E-state index contributed by atoms with van der Waals surface area (Å²) in [4.78, 5) is 25.8. The number of fused-ring (bicyclic) bond motifs is 1. The molecule has 0 bridgehead atoms. The second kappa shape index (κ2) is 5.30. The Bertz CT molecular complexity index is 621. The number of carboxylic acid groups (broad SMARTS) is 1. The lowest BCUT2D eigenvalue weighted by molar-refractivity contribution is -0.148. The van der Waals surface area contributed by atoms with E-state index in [1.165, 1.54) is 0 Å². The molecular weight excluding hydrogens is 282 g/mol. The van der Waals surface area contributed by atoms with Crippen LogP contribution in [0, 0.1) is 5.41 Å². The van der Waals surface area contributed by atoms with Crippen LogP contribution >= 0.6 is 0 Å². The third kappa shape index (κ3) is 2.34. The molecule has 1 aliphatic carbocycles. The minimum Gasteiger partial charge on any atom is -0.491 e. The average molecular weight is 303 g/mol. The first kappa shape index (κ1) is 14.9. The lowest BCUT2D eigenvalue weighted by atomic mass is 9.69. The van der Waals surface area contributed by atoms with Crippen molar-refractivity contribution in [3.63, 3.8) is 0 Å². The van der Waals surface area contributed by atoms with Crippen LogP contribution in [0.15, 0.2) is 18.2 Å². The molecule has 5 nitrogen and oxygen atoms in total. The zero-order chi connectivity index (χ0) is 15.9. The van der Waals surface area contributed by atoms with Crippen molar-refractivity contribution < 1.29 is 19.4 Å². The normalized spacial score (nSPS) is 22.8. The molecule has 2 aliphatic rings. The highest BCUT2D eigenvalue weighted by molar-refractivity contribution is 5.88. The lowest BCUT2D eigenvalue weighted by Crippen LogP contribution is -2.47. The van der Waals surface area contributed by atoms with E-state index in [2.05, 4.69) is 0 Å². The summed E-state index contributed by atoms with van der Waals surface area (Å²) in [7, 11) is 0. The summed E-state index contributed by atoms with van der Waals surface area (Å²) in [6, 6.07) is 4.77. The van der Waals surface area contributed by atoms with Crippen molar-refractivity contribution in [1.82, 2.24) is 4.90 Å². The molecule has 1 atom stereocenters. The number of benzene rings is 1. The Hall–Kier alpha value is -2.04. The summed E-state index contributed by atoms with van der Waals surface area (Å²) in [6.45, 7) is 4.94. The number of hydrogen-bond donors (Lipinski definition) is 1. The van der Waals surface area contributed by atoms with Crippen molar-refractivity contribution in [2.75, 3.05) is 13.2 Å². The first-order valence-electron chi connectivity index (χ1n) is 7.73. The molecule has 0 aromatic heterocycles. The second-order valence-corrected chi connectivity index (χ2v) is 6.49. The van der Waals surface area contributed by atoms with Crippen LogP contribution in [0.4, 0.5) is 0 Å². The molecule has 5 heteroatoms. The maximum Gasteiger partial charge on any atom is 0.335 e. The summed E-state index contributed by atoms with van der Waals surface area (Å²) in [5.41, 5.74) is 0.843. The molecule has 1 N–H and O–H groups in total. The van der Waals surface area contributed by atoms with Crippen LogP contribution in [0.5, 0.6) is 5.75 Å². The minimum atomic E-state index is -0.974. The SMILES string of the molecule is C[C@@H]1c2ccc(C(=O)O)cc2OCCN1C(=O)C1(C)CCC1. The van der Waals surface area contributed by atoms with Gasteiger partial charge in [-0.05, 0) is 31.9 Å². The standard InChI is InChI=1S/C17H21NO4/c1-11-13-5-4-12(15(19)20)10-14(13)22-9-8-18(11)16(21)17(2)6-3-7-17/h4-5,10-11H,3,6-9H2,1-2H3,(H,19,20)/t11-/m1/s1. The minimum absolute atomic E-state index is 0.106. The van der Waals surface area contributed by atoms with Gasteiger partial charge in [0.2, 0.25) is 5.91 Å². The highest BCUT2D eigenvalue weighted by atomic mass is 16.5. The zero-order valence-corrected chi connectivity index (χ0v) is 13.0. The number of amides is 1. The summed E-state index contributed by atoms with van der Waals surface area (Å²) >= 11 is 0. The van der Waals surface area contributed by atoms with Gasteiger partial charge < -0.3 is 14.7 Å². The fourth-order valence-electron chi connectivity index (χ4n) is 3.30. The molecule has 1 amide bonds. The monoisotopic (exact) mass is 303 g/mol. The van der Waals surface area contributed by atoms with Gasteiger partial charge in [0.15, 0.2) is 0 Å². The summed E-state index contributed by atoms with van der Waals surface area (Å²) in [6.07, 6.45) is 3.00. The van der Waals surface area contributed by atoms with Crippen LogP contribution in [0.1, 0.15) is 55.1 Å². The highest BCUT2D eigenvalue weighted by Crippen LogP contribution is 2.44. The second-order valence-electron chi connectivity index (χ2n) is 6.49. The molecule has 118 valence electrons. The molecule has 22 heavy (non-hydrogen) atoms. The Morgan fingerprint density at radius 3 is 2.68 bits per heavy atom. The maximum atomic E-state index is 12.8. The summed E-state index contributed by atoms with van der Waals surface area (Å²) < 4.78 is 5.70. The van der Waals surface area contributed by atoms with E-state index in [-0.39, 0.29) is 22.9 Å². The number of aromatic carboxylic acids is 1. The third-order valence-electron chi connectivity index (χ3n) is 5.00. The molecule has 0 saturated heterocycles. The summed E-state index contributed by atoms with van der Waals surface area (Å²) in [5.74, 6) is -0.218. The summed E-state index contributed by atoms with van der Waals surface area (Å²) in [5, 5.41) is 9.09. The number of rotatable bonds is 2. The van der Waals surface area contributed by atoms with Crippen LogP contribution in [0.2, 0.25) is 0 Å². The number of carbonyl (C=O) groups excluding carboxylic acids is 1. The van der Waals surface area contributed by atoms with Gasteiger partial charge in [-0.25, -0.2) is 4.79 Å². The van der Waals surface area contributed by atoms with E-state index in [0.717, 1.165) is 24.8 Å². The van der Waals surface area contributed by atoms with Gasteiger partial charge in [-0.3, -0.25) is 4.79 Å². The van der Waals surface area contributed by atoms with Gasteiger partial charge in [-0.1, -0.05) is 19.4 Å². The van der Waals surface area contributed by atoms with Crippen LogP contribution in [-0.4, -0.2) is 35.0 Å². The Kier molecular flexibility index (Phi) is 3.59. The van der Waals surface area contributed by atoms with Gasteiger partial charge in [0.25, 0.3) is 0 Å². The predicted molar refractivity (Wildman–Crippen MR) is 81.0 cm³/mol. The van der Waals surface area contributed by atoms with E-state index in [1.807, 2.05) is 18.7 Å². The van der Waals surface area contributed by atoms with Crippen molar-refractivity contribution in [3.05, 3.63) is 29.3 Å². The Labute approximate surface area is 129 Å². The smallest absolute Gasteiger partial charge is 0.335 e. The molecule has 1 saturated carbocycles. The van der Waals surface area contributed by atoms with E-state index >= 15 is 0 Å². The van der Waals surface area contributed by atoms with Gasteiger partial charge in [0, 0.05) is 11.0 Å². The molecule has 1 aromatic rings. The predicted octanol–water partition coefficient (Wildman–Crippen LogP) is 2.86. The Balaban J connectivity index is 1.91. The number of hydrogen-bond acceptors (Lipinski definition) is 3. The Morgan fingerprint density at radius 2 is 2.09 bits per heavy atom. The topological polar surface area (TPSA) is 66.8 Å². The molecule has 3 rings (SSSR count). The van der Waals surface area contributed by atoms with Crippen LogP contribution in [0.25, 0.3) is 0 Å². The van der Waals surface area contributed by atoms with E-state index < -0.39 is 5.97 Å². The van der Waals surface area contributed by atoms with E-state index in [4.69, 9.17) is 9.84 Å². The van der Waals surface area contributed by atoms with Crippen molar-refractivity contribution >= 4 is 11.9 Å². The van der Waals surface area contributed by atoms with Gasteiger partial charge in [0.05, 0.1) is 18.2 Å². The molecular formula is C17H21NO4. The quantitative estimate of drug-likeness (QED) is 0.912. The van der Waals surface area contributed by atoms with Crippen LogP contribution in [0.3, 0.4) is 0 Å². The third-order valence-corrected chi connectivity index (χ3v) is 5.00. The number of carboxylic acids is 1. The molecule has 1 aliphatic heterocycles. The van der Waals surface area contributed by atoms with Gasteiger partial charge in [0.1, 0.15) is 12.4 Å². The first-order chi connectivity index (χ1) is 10.4. The van der Waals surface area contributed by atoms with Gasteiger partial charge >= 0.3 is 5.97 Å². The molecule has 1 fully saturated rings. The van der Waals surface area contributed by atoms with Gasteiger partial charge in [-0.15, -0.1) is 0 Å². The van der Waals surface area contributed by atoms with E-state index in [1.54, 1.807) is 18.2 Å². The number of carbonyl (C=O) groups is 2. The maximum absolute atomic E-state index is 12.8. The number of ether oxygens (including phenoxy) is 1. The van der Waals surface area contributed by atoms with E-state index in [9.17, 15) is 9.59 Å². The highest BCUT2D eigenvalue weighted by Gasteiger charge is 2.43. The Morgan fingerprint density at radius 1 is 1.36 bits per heavy atom. The van der Waals surface area contributed by atoms with Crippen molar-refractivity contribution in [2.45, 2.75) is 39.2 Å². The number of nitrogens with zero attached hydrogens (tertiary/aromatic N) is 1. The van der Waals surface area contributed by atoms with E-state index in [0.29, 0.717) is 18.9 Å². The zero-order valence-electron chi connectivity index (χ0n) is 13.0.